The minimum Gasteiger partial charge on any atom is -0.392 e. The summed E-state index contributed by atoms with van der Waals surface area (Å²) in [5.41, 5.74) is -6.71. The number of nitrogens with zero attached hydrogens (tertiary/aromatic N) is 6. The van der Waals surface area contributed by atoms with E-state index in [1.54, 1.807) is 0 Å². The van der Waals surface area contributed by atoms with Crippen LogP contribution < -0.4 is 5.73 Å². The molecule has 0 radical (unpaired) electrons. The summed E-state index contributed by atoms with van der Waals surface area (Å²) in [5.74, 6) is 0. The highest BCUT2D eigenvalue weighted by Crippen LogP contribution is 2.50. The van der Waals surface area contributed by atoms with Crippen molar-refractivity contribution in [1.82, 2.24) is 0 Å². The molecular formula is C12H5N7O12. The van der Waals surface area contributed by atoms with E-state index >= 15 is 0 Å². The van der Waals surface area contributed by atoms with E-state index in [4.69, 9.17) is 5.73 Å². The van der Waals surface area contributed by atoms with Crippen molar-refractivity contribution in [3.63, 3.8) is 0 Å². The first kappa shape index (κ1) is 21.9. The van der Waals surface area contributed by atoms with Crippen LogP contribution in [-0.2, 0) is 0 Å². The fourth-order valence-corrected chi connectivity index (χ4v) is 2.68. The van der Waals surface area contributed by atoms with E-state index in [1.165, 1.54) is 0 Å². The van der Waals surface area contributed by atoms with E-state index in [-0.39, 0.29) is 6.07 Å². The molecule has 0 heterocycles. The Hall–Kier alpha value is -5.36. The number of hydrogen-bond acceptors (Lipinski definition) is 13. The zero-order valence-electron chi connectivity index (χ0n) is 14.4. The van der Waals surface area contributed by atoms with Crippen LogP contribution in [0.4, 0.5) is 39.8 Å². The second kappa shape index (κ2) is 7.57. The molecule has 0 bridgehead atoms. The van der Waals surface area contributed by atoms with Crippen LogP contribution in [0.3, 0.4) is 0 Å². The van der Waals surface area contributed by atoms with Gasteiger partial charge in [0.05, 0.1) is 35.1 Å². The Morgan fingerprint density at radius 3 is 1.32 bits per heavy atom. The first-order chi connectivity index (χ1) is 14.3. The van der Waals surface area contributed by atoms with E-state index in [2.05, 4.69) is 0 Å². The van der Waals surface area contributed by atoms with Crippen molar-refractivity contribution < 1.29 is 29.5 Å². The van der Waals surface area contributed by atoms with Crippen LogP contribution in [0, 0.1) is 60.7 Å². The first-order valence-electron chi connectivity index (χ1n) is 7.31. The predicted octanol–water partition coefficient (Wildman–Crippen LogP) is 2.39. The van der Waals surface area contributed by atoms with Crippen molar-refractivity contribution in [3.05, 3.63) is 78.9 Å². The molecule has 0 aliphatic rings. The Balaban J connectivity index is 3.16. The summed E-state index contributed by atoms with van der Waals surface area (Å²) in [5, 5.41) is 67.5. The average molecular weight is 439 g/mol. The normalized spacial score (nSPS) is 10.3. The van der Waals surface area contributed by atoms with Crippen molar-refractivity contribution in [2.75, 3.05) is 5.73 Å². The van der Waals surface area contributed by atoms with E-state index in [9.17, 15) is 60.7 Å². The largest absolute Gasteiger partial charge is 0.424 e. The molecule has 19 nitrogen and oxygen atoms in total. The van der Waals surface area contributed by atoms with Crippen molar-refractivity contribution in [1.29, 1.82) is 0 Å². The van der Waals surface area contributed by atoms with Gasteiger partial charge in [-0.3, -0.25) is 60.7 Å². The summed E-state index contributed by atoms with van der Waals surface area (Å²) < 4.78 is 0. The number of nitro groups is 6. The molecule has 0 amide bonds. The summed E-state index contributed by atoms with van der Waals surface area (Å²) in [7, 11) is 0. The Labute approximate surface area is 166 Å². The molecule has 0 aliphatic carbocycles. The van der Waals surface area contributed by atoms with E-state index in [0.717, 1.165) is 0 Å². The highest BCUT2D eigenvalue weighted by molar-refractivity contribution is 5.96. The fraction of sp³-hybridized carbons (Fsp3) is 0. The zero-order valence-corrected chi connectivity index (χ0v) is 14.4. The molecule has 0 saturated carbocycles. The zero-order chi connectivity index (χ0) is 23.8. The first-order valence-corrected chi connectivity index (χ1v) is 7.31. The van der Waals surface area contributed by atoms with Gasteiger partial charge in [0.15, 0.2) is 0 Å². The molecule has 160 valence electrons. The highest BCUT2D eigenvalue weighted by Gasteiger charge is 2.44. The second-order valence-electron chi connectivity index (χ2n) is 5.43. The summed E-state index contributed by atoms with van der Waals surface area (Å²) in [6.45, 7) is 0. The smallest absolute Gasteiger partial charge is 0.392 e. The second-order valence-corrected chi connectivity index (χ2v) is 5.43. The Bertz CT molecular complexity index is 1220. The molecule has 2 aromatic rings. The van der Waals surface area contributed by atoms with Crippen LogP contribution in [0.25, 0.3) is 11.1 Å². The topological polar surface area (TPSA) is 285 Å². The number of hydrogen-bond donors (Lipinski definition) is 1. The number of anilines is 1. The summed E-state index contributed by atoms with van der Waals surface area (Å²) in [4.78, 5) is 59.0. The lowest BCUT2D eigenvalue weighted by Crippen LogP contribution is -2.08. The van der Waals surface area contributed by atoms with Crippen molar-refractivity contribution in [2.45, 2.75) is 0 Å². The van der Waals surface area contributed by atoms with Crippen LogP contribution in [0.5, 0.6) is 0 Å². The molecule has 0 aromatic heterocycles. The molecule has 31 heavy (non-hydrogen) atoms. The number of nitrogen functional groups attached to an aromatic ring is 1. The van der Waals surface area contributed by atoms with Crippen LogP contribution in [-0.4, -0.2) is 29.5 Å². The van der Waals surface area contributed by atoms with Gasteiger partial charge in [0.25, 0.3) is 0 Å². The van der Waals surface area contributed by atoms with E-state index < -0.39 is 80.5 Å². The molecule has 2 rings (SSSR count). The van der Waals surface area contributed by atoms with Crippen LogP contribution in [0.1, 0.15) is 0 Å². The maximum absolute atomic E-state index is 11.5. The lowest BCUT2D eigenvalue weighted by Gasteiger charge is -2.08. The lowest BCUT2D eigenvalue weighted by atomic mass is 9.97. The monoisotopic (exact) mass is 439 g/mol. The molecule has 0 unspecified atom stereocenters. The van der Waals surface area contributed by atoms with Gasteiger partial charge >= 0.3 is 34.1 Å². The van der Waals surface area contributed by atoms with Crippen LogP contribution in [0.15, 0.2) is 18.2 Å². The maximum Gasteiger partial charge on any atom is 0.424 e. The molecule has 0 fully saturated rings. The summed E-state index contributed by atoms with van der Waals surface area (Å²) in [6.07, 6.45) is 0. The third-order valence-corrected chi connectivity index (χ3v) is 3.84. The van der Waals surface area contributed by atoms with E-state index in [1.807, 2.05) is 0 Å². The van der Waals surface area contributed by atoms with Gasteiger partial charge in [0.2, 0.25) is 0 Å². The van der Waals surface area contributed by atoms with E-state index in [0.29, 0.717) is 12.1 Å². The Kier molecular flexibility index (Phi) is 5.36. The van der Waals surface area contributed by atoms with Gasteiger partial charge in [0.1, 0.15) is 5.69 Å². The molecular weight excluding hydrogens is 434 g/mol. The van der Waals surface area contributed by atoms with Crippen molar-refractivity contribution in [2.24, 2.45) is 0 Å². The number of rotatable bonds is 7. The van der Waals surface area contributed by atoms with Gasteiger partial charge in [-0.2, -0.15) is 0 Å². The number of benzene rings is 2. The van der Waals surface area contributed by atoms with Gasteiger partial charge in [-0.1, -0.05) is 0 Å². The van der Waals surface area contributed by atoms with Gasteiger partial charge in [-0.15, -0.1) is 0 Å². The lowest BCUT2D eigenvalue weighted by molar-refractivity contribution is -0.441. The fourth-order valence-electron chi connectivity index (χ4n) is 2.68. The molecule has 0 spiro atoms. The van der Waals surface area contributed by atoms with Gasteiger partial charge in [-0.05, 0) is 6.07 Å². The summed E-state index contributed by atoms with van der Waals surface area (Å²) >= 11 is 0. The highest BCUT2D eigenvalue weighted by atomic mass is 16.7. The number of nitrogens with two attached hydrogens (primary N) is 1. The average Bonchev–Trinajstić information content (AvgIpc) is 2.65. The third kappa shape index (κ3) is 3.55. The van der Waals surface area contributed by atoms with Crippen molar-refractivity contribution in [3.8, 4) is 11.1 Å². The molecule has 0 atom stereocenters. The minimum atomic E-state index is -1.63. The SMILES string of the molecule is Nc1c(-c2ccc([N+](=O)[O-])c([N+](=O)[O-])c2[N+](=O)[O-])cc([N+](=O)[O-])c([N+](=O)[O-])c1[N+](=O)[O-]. The molecule has 0 saturated heterocycles. The molecule has 2 N–H and O–H groups in total. The Morgan fingerprint density at radius 2 is 0.935 bits per heavy atom. The Morgan fingerprint density at radius 1 is 0.516 bits per heavy atom. The third-order valence-electron chi connectivity index (χ3n) is 3.84. The predicted molar refractivity (Wildman–Crippen MR) is 96.2 cm³/mol. The standard InChI is InChI=1S/C12H5N7O12/c13-8-5(3-7(15(22)23)11(18(28)29)12(8)19(30)31)4-1-2-6(14(20)21)10(17(26)27)9(4)16(24)25/h1-3H,13H2. The maximum atomic E-state index is 11.5. The quantitative estimate of drug-likeness (QED) is 0.368. The molecule has 19 heteroatoms. The van der Waals surface area contributed by atoms with Crippen LogP contribution >= 0.6 is 0 Å². The van der Waals surface area contributed by atoms with Gasteiger partial charge < -0.3 is 5.73 Å². The van der Waals surface area contributed by atoms with Gasteiger partial charge in [-0.25, -0.2) is 0 Å². The van der Waals surface area contributed by atoms with Crippen molar-refractivity contribution >= 4 is 39.8 Å². The van der Waals surface area contributed by atoms with Gasteiger partial charge in [0, 0.05) is 17.7 Å². The number of nitro benzene ring substituents is 6. The summed E-state index contributed by atoms with van der Waals surface area (Å²) in [6, 6.07) is 1.27. The molecule has 0 aliphatic heterocycles. The molecule has 2 aromatic carbocycles. The van der Waals surface area contributed by atoms with Crippen LogP contribution in [0.2, 0.25) is 0 Å². The minimum absolute atomic E-state index is 0.276.